The molecule has 0 unspecified atom stereocenters. The fourth-order valence-electron chi connectivity index (χ4n) is 3.47. The van der Waals surface area contributed by atoms with Gasteiger partial charge in [-0.15, -0.1) is 0 Å². The molecule has 6 heteroatoms. The predicted molar refractivity (Wildman–Crippen MR) is 122 cm³/mol. The van der Waals surface area contributed by atoms with Gasteiger partial charge in [0, 0.05) is 18.8 Å². The summed E-state index contributed by atoms with van der Waals surface area (Å²) in [5, 5.41) is 2.74. The van der Waals surface area contributed by atoms with Gasteiger partial charge in [-0.25, -0.2) is 0 Å². The van der Waals surface area contributed by atoms with Crippen LogP contribution < -0.4 is 15.1 Å². The highest BCUT2D eigenvalue weighted by Gasteiger charge is 2.35. The van der Waals surface area contributed by atoms with Gasteiger partial charge in [0.05, 0.1) is 5.69 Å². The average molecular weight is 408 g/mol. The molecule has 2 aromatic rings. The minimum Gasteiger partial charge on any atom is -0.372 e. The van der Waals surface area contributed by atoms with Gasteiger partial charge >= 0.3 is 0 Å². The highest BCUT2D eigenvalue weighted by atomic mass is 32.1. The molecule has 0 atom stereocenters. The Morgan fingerprint density at radius 1 is 1.03 bits per heavy atom. The summed E-state index contributed by atoms with van der Waals surface area (Å²) in [5.74, 6) is -0.896. The van der Waals surface area contributed by atoms with Crippen LogP contribution in [0.5, 0.6) is 0 Å². The van der Waals surface area contributed by atoms with Gasteiger partial charge in [0.1, 0.15) is 5.57 Å². The van der Waals surface area contributed by atoms with Crippen LogP contribution in [0.3, 0.4) is 0 Å². The van der Waals surface area contributed by atoms with Gasteiger partial charge in [0.2, 0.25) is 0 Å². The highest BCUT2D eigenvalue weighted by Crippen LogP contribution is 2.26. The Labute approximate surface area is 177 Å². The molecule has 1 aliphatic heterocycles. The van der Waals surface area contributed by atoms with Gasteiger partial charge < -0.3 is 4.90 Å². The molecule has 3 rings (SSSR count). The zero-order valence-electron chi connectivity index (χ0n) is 17.2. The van der Waals surface area contributed by atoms with E-state index >= 15 is 0 Å². The number of nitrogens with zero attached hydrogens (tertiary/aromatic N) is 2. The second kappa shape index (κ2) is 8.57. The van der Waals surface area contributed by atoms with E-state index in [1.165, 1.54) is 4.90 Å². The zero-order chi connectivity index (χ0) is 21.1. The van der Waals surface area contributed by atoms with Crippen molar-refractivity contribution in [2.45, 2.75) is 27.7 Å². The van der Waals surface area contributed by atoms with Crippen LogP contribution in [0, 0.1) is 13.8 Å². The van der Waals surface area contributed by atoms with Gasteiger partial charge in [0.15, 0.2) is 5.11 Å². The number of aryl methyl sites for hydroxylation is 2. The molecule has 0 saturated carbocycles. The minimum atomic E-state index is -0.478. The number of anilines is 2. The zero-order valence-corrected chi connectivity index (χ0v) is 18.0. The Kier molecular flexibility index (Phi) is 6.13. The second-order valence-electron chi connectivity index (χ2n) is 7.01. The molecule has 0 aliphatic carbocycles. The Morgan fingerprint density at radius 2 is 1.69 bits per heavy atom. The molecule has 0 aromatic heterocycles. The summed E-state index contributed by atoms with van der Waals surface area (Å²) in [7, 11) is 0. The van der Waals surface area contributed by atoms with Gasteiger partial charge in [0.25, 0.3) is 11.8 Å². The van der Waals surface area contributed by atoms with Gasteiger partial charge in [-0.3, -0.25) is 19.8 Å². The Balaban J connectivity index is 1.95. The molecule has 1 N–H and O–H groups in total. The number of hydrogen-bond acceptors (Lipinski definition) is 4. The maximum Gasteiger partial charge on any atom is 0.270 e. The van der Waals surface area contributed by atoms with E-state index in [1.807, 2.05) is 56.3 Å². The standard InChI is InChI=1S/C23H25N3O2S/c1-5-25(6-2)18-10-8-17(9-11-18)14-19-21(27)24-23(29)26(22(19)28)20-12-7-15(3)13-16(20)4/h7-14H,5-6H2,1-4H3,(H,24,27,29)/b19-14-. The molecule has 1 fully saturated rings. The molecular weight excluding hydrogens is 382 g/mol. The lowest BCUT2D eigenvalue weighted by Crippen LogP contribution is -2.54. The molecule has 1 saturated heterocycles. The molecule has 2 aromatic carbocycles. The summed E-state index contributed by atoms with van der Waals surface area (Å²) in [4.78, 5) is 29.3. The lowest BCUT2D eigenvalue weighted by Gasteiger charge is -2.30. The number of hydrogen-bond donors (Lipinski definition) is 1. The summed E-state index contributed by atoms with van der Waals surface area (Å²) < 4.78 is 0. The minimum absolute atomic E-state index is 0.0640. The molecule has 0 radical (unpaired) electrons. The quantitative estimate of drug-likeness (QED) is 0.463. The van der Waals surface area contributed by atoms with Crippen LogP contribution in [0.4, 0.5) is 11.4 Å². The van der Waals surface area contributed by atoms with Gasteiger partial charge in [-0.1, -0.05) is 29.8 Å². The maximum atomic E-state index is 13.2. The normalized spacial score (nSPS) is 15.7. The molecule has 150 valence electrons. The molecule has 0 spiro atoms. The topological polar surface area (TPSA) is 52.7 Å². The number of nitrogens with one attached hydrogen (secondary N) is 1. The van der Waals surface area contributed by atoms with Gasteiger partial charge in [-0.05, 0) is 75.3 Å². The molecule has 5 nitrogen and oxygen atoms in total. The predicted octanol–water partition coefficient (Wildman–Crippen LogP) is 3.98. The third-order valence-electron chi connectivity index (χ3n) is 5.03. The lowest BCUT2D eigenvalue weighted by molar-refractivity contribution is -0.122. The van der Waals surface area contributed by atoms with Crippen molar-refractivity contribution in [3.8, 4) is 0 Å². The summed E-state index contributed by atoms with van der Waals surface area (Å²) in [6.45, 7) is 9.95. The Morgan fingerprint density at radius 3 is 2.28 bits per heavy atom. The van der Waals surface area contributed by atoms with Crippen molar-refractivity contribution in [3.05, 3.63) is 64.7 Å². The smallest absolute Gasteiger partial charge is 0.270 e. The maximum absolute atomic E-state index is 13.2. The Bertz CT molecular complexity index is 992. The van der Waals surface area contributed by atoms with E-state index in [2.05, 4.69) is 24.1 Å². The van der Waals surface area contributed by atoms with Crippen molar-refractivity contribution in [1.82, 2.24) is 5.32 Å². The van der Waals surface area contributed by atoms with E-state index in [-0.39, 0.29) is 10.7 Å². The van der Waals surface area contributed by atoms with E-state index < -0.39 is 11.8 Å². The SMILES string of the molecule is CCN(CC)c1ccc(/C=C2/C(=O)NC(=S)N(c3ccc(C)cc3C)C2=O)cc1. The van der Waals surface area contributed by atoms with E-state index in [9.17, 15) is 9.59 Å². The first kappa shape index (κ1) is 20.7. The monoisotopic (exact) mass is 407 g/mol. The Hall–Kier alpha value is -2.99. The van der Waals surface area contributed by atoms with Crippen LogP contribution in [0.1, 0.15) is 30.5 Å². The number of thiocarbonyl (C=S) groups is 1. The van der Waals surface area contributed by atoms with E-state index in [0.717, 1.165) is 35.5 Å². The summed E-state index contributed by atoms with van der Waals surface area (Å²) >= 11 is 5.29. The fourth-order valence-corrected chi connectivity index (χ4v) is 3.74. The molecular formula is C23H25N3O2S. The first-order valence-corrected chi connectivity index (χ1v) is 10.1. The summed E-state index contributed by atoms with van der Waals surface area (Å²) in [6, 6.07) is 13.6. The fraction of sp³-hybridized carbons (Fsp3) is 0.261. The van der Waals surface area contributed by atoms with Crippen molar-refractivity contribution in [3.63, 3.8) is 0 Å². The van der Waals surface area contributed by atoms with Crippen molar-refractivity contribution < 1.29 is 9.59 Å². The summed E-state index contributed by atoms with van der Waals surface area (Å²) in [5.41, 5.74) is 4.64. The largest absolute Gasteiger partial charge is 0.372 e. The van der Waals surface area contributed by atoms with Gasteiger partial charge in [-0.2, -0.15) is 0 Å². The number of carbonyl (C=O) groups excluding carboxylic acids is 2. The second-order valence-corrected chi connectivity index (χ2v) is 7.40. The number of benzene rings is 2. The van der Waals surface area contributed by atoms with Crippen molar-refractivity contribution >= 4 is 46.6 Å². The number of rotatable bonds is 5. The van der Waals surface area contributed by atoms with E-state index in [4.69, 9.17) is 12.2 Å². The third-order valence-corrected chi connectivity index (χ3v) is 5.31. The third kappa shape index (κ3) is 4.22. The molecule has 2 amide bonds. The lowest BCUT2D eigenvalue weighted by atomic mass is 10.0. The first-order chi connectivity index (χ1) is 13.8. The van der Waals surface area contributed by atoms with Crippen LogP contribution >= 0.6 is 12.2 Å². The molecule has 29 heavy (non-hydrogen) atoms. The highest BCUT2D eigenvalue weighted by molar-refractivity contribution is 7.80. The van der Waals surface area contributed by atoms with Crippen LogP contribution in [-0.4, -0.2) is 30.0 Å². The van der Waals surface area contributed by atoms with Crippen LogP contribution in [0.2, 0.25) is 0 Å². The first-order valence-electron chi connectivity index (χ1n) is 9.69. The summed E-state index contributed by atoms with van der Waals surface area (Å²) in [6.07, 6.45) is 1.61. The van der Waals surface area contributed by atoms with Crippen molar-refractivity contribution in [1.29, 1.82) is 0 Å². The molecule has 1 aliphatic rings. The molecule has 0 bridgehead atoms. The van der Waals surface area contributed by atoms with Crippen LogP contribution in [-0.2, 0) is 9.59 Å². The number of amides is 2. The van der Waals surface area contributed by atoms with Crippen LogP contribution in [0.15, 0.2) is 48.0 Å². The average Bonchev–Trinajstić information content (AvgIpc) is 2.68. The van der Waals surface area contributed by atoms with Crippen LogP contribution in [0.25, 0.3) is 6.08 Å². The molecule has 1 heterocycles. The van der Waals surface area contributed by atoms with Crippen molar-refractivity contribution in [2.75, 3.05) is 22.9 Å². The van der Waals surface area contributed by atoms with E-state index in [0.29, 0.717) is 5.69 Å². The van der Waals surface area contributed by atoms with E-state index in [1.54, 1.807) is 6.08 Å². The number of carbonyl (C=O) groups is 2. The van der Waals surface area contributed by atoms with Crippen molar-refractivity contribution in [2.24, 2.45) is 0 Å².